The van der Waals surface area contributed by atoms with E-state index in [0.717, 1.165) is 31.4 Å². The molecular weight excluding hydrogens is 799 g/mol. The van der Waals surface area contributed by atoms with Gasteiger partial charge in [-0.2, -0.15) is 43.2 Å². The summed E-state index contributed by atoms with van der Waals surface area (Å²) in [7, 11) is -14.4. The Morgan fingerprint density at radius 3 is 1.67 bits per heavy atom. The molecule has 4 aromatic carbocycles. The van der Waals surface area contributed by atoms with Gasteiger partial charge < -0.3 is 9.47 Å². The average molecular weight is 821 g/mol. The fourth-order valence-corrected chi connectivity index (χ4v) is 8.22. The Labute approximate surface area is 295 Å². The number of sulfone groups is 1. The predicted octanol–water partition coefficient (Wildman–Crippen LogP) is 6.96. The highest BCUT2D eigenvalue weighted by molar-refractivity contribution is 7.94. The van der Waals surface area contributed by atoms with Gasteiger partial charge in [-0.05, 0) is 78.2 Å². The van der Waals surface area contributed by atoms with Crippen molar-refractivity contribution in [3.05, 3.63) is 95.6 Å². The summed E-state index contributed by atoms with van der Waals surface area (Å²) in [6.07, 6.45) is -12.4. The summed E-state index contributed by atoms with van der Waals surface area (Å²) in [4.78, 5) is -3.51. The molecule has 0 aromatic heterocycles. The van der Waals surface area contributed by atoms with Gasteiger partial charge in [-0.3, -0.25) is 9.11 Å². The summed E-state index contributed by atoms with van der Waals surface area (Å²) >= 11 is 0.434. The van der Waals surface area contributed by atoms with Crippen LogP contribution >= 0.6 is 12.0 Å². The minimum absolute atomic E-state index is 0.0406. The number of ether oxygens (including phenoxy) is 2. The van der Waals surface area contributed by atoms with E-state index in [0.29, 0.717) is 60.1 Å². The zero-order chi connectivity index (χ0) is 39.1. The molecule has 0 spiro atoms. The van der Waals surface area contributed by atoms with Gasteiger partial charge in [-0.15, -0.1) is 4.33 Å². The molecule has 52 heavy (non-hydrogen) atoms. The van der Waals surface area contributed by atoms with Crippen molar-refractivity contribution in [2.24, 2.45) is 0 Å². The third-order valence-corrected chi connectivity index (χ3v) is 11.6. The molecule has 0 saturated carbocycles. The van der Waals surface area contributed by atoms with Crippen molar-refractivity contribution >= 4 is 42.1 Å². The molecule has 23 heteroatoms. The second-order valence-corrected chi connectivity index (χ2v) is 15.9. The van der Waals surface area contributed by atoms with Crippen LogP contribution in [0.1, 0.15) is 16.7 Å². The molecule has 0 radical (unpaired) electrons. The topological polar surface area (TPSA) is 200 Å². The summed E-state index contributed by atoms with van der Waals surface area (Å²) in [6.45, 7) is 1.56. The smallest absolute Gasteiger partial charge is 0.411 e. The maximum atomic E-state index is 14.7. The lowest BCUT2D eigenvalue weighted by Crippen LogP contribution is -2.54. The third kappa shape index (κ3) is 7.86. The Kier molecular flexibility index (Phi) is 11.4. The highest BCUT2D eigenvalue weighted by Gasteiger charge is 2.72. The van der Waals surface area contributed by atoms with Crippen molar-refractivity contribution in [3.63, 3.8) is 0 Å². The largest absolute Gasteiger partial charge is 0.495 e. The Hall–Kier alpha value is -3.94. The number of rotatable bonds is 12. The molecule has 0 saturated heterocycles. The van der Waals surface area contributed by atoms with Crippen molar-refractivity contribution in [1.82, 2.24) is 0 Å². The van der Waals surface area contributed by atoms with Gasteiger partial charge in [-0.1, -0.05) is 29.3 Å². The van der Waals surface area contributed by atoms with Gasteiger partial charge in [0.25, 0.3) is 20.2 Å². The average Bonchev–Trinajstić information content (AvgIpc) is 3.03. The standard InChI is InChI=1S/C29H22F6O13S4/c1-16-3-9-20(14-24(16)49-48-47-36)50(37,38)21-10-12-23(26(15-21)52(42,43)44)46-19-7-4-17(5-8-19)27(28(30,31)32,29(33,34)35)18-6-11-22(45-2)25(13-18)51(39,40)41/h3-15,36H,1-2H3,(H,39,40,41)(H,42,43,44). The first-order valence-corrected chi connectivity index (χ1v) is 18.7. The maximum absolute atomic E-state index is 14.7. The highest BCUT2D eigenvalue weighted by atomic mass is 32.2. The van der Waals surface area contributed by atoms with Crippen LogP contribution < -0.4 is 9.47 Å². The van der Waals surface area contributed by atoms with E-state index in [2.05, 4.69) is 14.1 Å². The first kappa shape index (κ1) is 40.8. The molecule has 3 N–H and O–H groups in total. The summed E-state index contributed by atoms with van der Waals surface area (Å²) < 4.78 is 197. The number of hydrogen-bond acceptors (Lipinski definition) is 12. The molecule has 4 rings (SSSR count). The number of hydrogen-bond donors (Lipinski definition) is 3. The third-order valence-electron chi connectivity index (χ3n) is 7.37. The summed E-state index contributed by atoms with van der Waals surface area (Å²) in [5.41, 5.74) is -7.63. The van der Waals surface area contributed by atoms with Crippen LogP contribution in [0.5, 0.6) is 17.2 Å². The minimum Gasteiger partial charge on any atom is -0.495 e. The van der Waals surface area contributed by atoms with Gasteiger partial charge in [-0.25, -0.2) is 13.7 Å². The molecule has 0 bridgehead atoms. The van der Waals surface area contributed by atoms with E-state index < -0.39 is 95.8 Å². The van der Waals surface area contributed by atoms with Crippen LogP contribution in [0.15, 0.2) is 103 Å². The molecule has 282 valence electrons. The van der Waals surface area contributed by atoms with Crippen molar-refractivity contribution in [2.45, 2.75) is 49.2 Å². The van der Waals surface area contributed by atoms with Crippen molar-refractivity contribution in [3.8, 4) is 17.2 Å². The molecule has 0 atom stereocenters. The molecule has 0 aliphatic rings. The van der Waals surface area contributed by atoms with Gasteiger partial charge >= 0.3 is 12.4 Å². The van der Waals surface area contributed by atoms with Gasteiger partial charge in [0.15, 0.2) is 0 Å². The normalized spacial score (nSPS) is 13.2. The lowest BCUT2D eigenvalue weighted by atomic mass is 9.73. The van der Waals surface area contributed by atoms with E-state index >= 15 is 0 Å². The Morgan fingerprint density at radius 1 is 0.654 bits per heavy atom. The van der Waals surface area contributed by atoms with Crippen LogP contribution in [0.3, 0.4) is 0 Å². The van der Waals surface area contributed by atoms with Crippen LogP contribution in [-0.2, 0) is 44.9 Å². The summed E-state index contributed by atoms with van der Waals surface area (Å²) in [6, 6.07) is 8.14. The quantitative estimate of drug-likeness (QED) is 0.0435. The first-order valence-electron chi connectivity index (χ1n) is 13.6. The number of methoxy groups -OCH3 is 1. The summed E-state index contributed by atoms with van der Waals surface area (Å²) in [5.74, 6) is -2.15. The molecule has 0 unspecified atom stereocenters. The Morgan fingerprint density at radius 2 is 1.15 bits per heavy atom. The summed E-state index contributed by atoms with van der Waals surface area (Å²) in [5, 5.41) is 11.9. The molecule has 0 heterocycles. The predicted molar refractivity (Wildman–Crippen MR) is 166 cm³/mol. The second kappa shape index (κ2) is 14.5. The number of aryl methyl sites for hydroxylation is 1. The van der Waals surface area contributed by atoms with Crippen molar-refractivity contribution in [2.75, 3.05) is 7.11 Å². The SMILES string of the molecule is COc1ccc(C(c2ccc(Oc3ccc(S(=O)(=O)c4ccc(C)c(SOOO)c4)cc3S(=O)(=O)O)cc2)(C(F)(F)F)C(F)(F)F)cc1S(=O)(=O)O. The van der Waals surface area contributed by atoms with E-state index in [1.54, 1.807) is 6.92 Å². The minimum atomic E-state index is -6.20. The second-order valence-electron chi connectivity index (χ2n) is 10.5. The molecule has 13 nitrogen and oxygen atoms in total. The lowest BCUT2D eigenvalue weighted by molar-refractivity contribution is -0.432. The number of halogens is 6. The van der Waals surface area contributed by atoms with Crippen LogP contribution in [0.25, 0.3) is 0 Å². The van der Waals surface area contributed by atoms with Crippen LogP contribution in [0.4, 0.5) is 26.3 Å². The van der Waals surface area contributed by atoms with Crippen molar-refractivity contribution < 1.29 is 84.8 Å². The number of benzene rings is 4. The molecule has 0 amide bonds. The number of alkyl halides is 6. The molecular formula is C29H22F6O13S4. The van der Waals surface area contributed by atoms with Crippen LogP contribution in [0.2, 0.25) is 0 Å². The molecule has 0 aliphatic carbocycles. The van der Waals surface area contributed by atoms with Gasteiger partial charge in [0.2, 0.25) is 15.3 Å². The highest BCUT2D eigenvalue weighted by Crippen LogP contribution is 2.57. The van der Waals surface area contributed by atoms with E-state index in [1.807, 2.05) is 0 Å². The fourth-order valence-electron chi connectivity index (χ4n) is 4.96. The molecule has 0 aliphatic heterocycles. The maximum Gasteiger partial charge on any atom is 0.411 e. The molecule has 4 aromatic rings. The van der Waals surface area contributed by atoms with E-state index in [4.69, 9.17) is 9.99 Å². The Bertz CT molecular complexity index is 2300. The molecule has 0 fully saturated rings. The fraction of sp³-hybridized carbons (Fsp3) is 0.172. The van der Waals surface area contributed by atoms with Gasteiger partial charge in [0, 0.05) is 4.90 Å². The lowest BCUT2D eigenvalue weighted by Gasteiger charge is -2.38. The van der Waals surface area contributed by atoms with Crippen LogP contribution in [-0.4, -0.2) is 59.1 Å². The first-order chi connectivity index (χ1) is 23.9. The van der Waals surface area contributed by atoms with E-state index in [1.165, 1.54) is 6.07 Å². The van der Waals surface area contributed by atoms with Crippen molar-refractivity contribution in [1.29, 1.82) is 0 Å². The monoisotopic (exact) mass is 820 g/mol. The zero-order valence-corrected chi connectivity index (χ0v) is 29.1. The van der Waals surface area contributed by atoms with Crippen LogP contribution in [0, 0.1) is 6.92 Å². The van der Waals surface area contributed by atoms with Gasteiger partial charge in [0.05, 0.1) is 28.9 Å². The van der Waals surface area contributed by atoms with Gasteiger partial charge in [0.1, 0.15) is 27.0 Å². The van der Waals surface area contributed by atoms with E-state index in [9.17, 15) is 60.7 Å². The Balaban J connectivity index is 1.81. The van der Waals surface area contributed by atoms with E-state index in [-0.39, 0.29) is 11.0 Å². The zero-order valence-electron chi connectivity index (χ0n) is 25.8.